The molecule has 1 aromatic rings. The second-order valence-electron chi connectivity index (χ2n) is 4.95. The summed E-state index contributed by atoms with van der Waals surface area (Å²) in [6.07, 6.45) is 1.85. The molecule has 0 aromatic heterocycles. The lowest BCUT2D eigenvalue weighted by atomic mass is 10.2. The molecule has 0 unspecified atom stereocenters. The number of benzene rings is 1. The van der Waals surface area contributed by atoms with Crippen LogP contribution in [0.1, 0.15) is 18.4 Å². The quantitative estimate of drug-likeness (QED) is 0.781. The molecule has 2 amide bonds. The molecule has 0 saturated heterocycles. The normalized spacial score (nSPS) is 13.4. The van der Waals surface area contributed by atoms with E-state index in [1.165, 1.54) is 0 Å². The summed E-state index contributed by atoms with van der Waals surface area (Å²) in [5.41, 5.74) is 0.818. The first-order chi connectivity index (χ1) is 10.1. The number of methoxy groups -OCH3 is 2. The minimum atomic E-state index is -0.228. The first-order valence-corrected chi connectivity index (χ1v) is 6.89. The standard InChI is InChI=1S/C15H20N2O4/c1-20-12-5-6-13(21-2)11(7-12)8-16-14(18)9-17-15(19)10-3-4-10/h5-7,10H,3-4,8-9H2,1-2H3,(H,16,18)(H,17,19). The van der Waals surface area contributed by atoms with Crippen LogP contribution in [0.4, 0.5) is 0 Å². The van der Waals surface area contributed by atoms with Gasteiger partial charge in [0.25, 0.3) is 0 Å². The van der Waals surface area contributed by atoms with E-state index in [2.05, 4.69) is 10.6 Å². The molecule has 0 aliphatic heterocycles. The van der Waals surface area contributed by atoms with Gasteiger partial charge in [0.2, 0.25) is 11.8 Å². The fourth-order valence-electron chi connectivity index (χ4n) is 1.93. The SMILES string of the molecule is COc1ccc(OC)c(CNC(=O)CNC(=O)C2CC2)c1. The molecule has 2 rings (SSSR count). The minimum absolute atomic E-state index is 0.00160. The number of hydrogen-bond donors (Lipinski definition) is 2. The van der Waals surface area contributed by atoms with Gasteiger partial charge >= 0.3 is 0 Å². The number of hydrogen-bond acceptors (Lipinski definition) is 4. The Bertz CT molecular complexity index is 526. The third-order valence-electron chi connectivity index (χ3n) is 3.33. The Morgan fingerprint density at radius 2 is 1.95 bits per heavy atom. The smallest absolute Gasteiger partial charge is 0.239 e. The number of amides is 2. The number of carbonyl (C=O) groups is 2. The van der Waals surface area contributed by atoms with Crippen LogP contribution in [0, 0.1) is 5.92 Å². The molecule has 2 N–H and O–H groups in total. The molecule has 21 heavy (non-hydrogen) atoms. The van der Waals surface area contributed by atoms with Gasteiger partial charge in [-0.3, -0.25) is 9.59 Å². The summed E-state index contributed by atoms with van der Waals surface area (Å²) in [5.74, 6) is 1.22. The van der Waals surface area contributed by atoms with Crippen LogP contribution in [0.25, 0.3) is 0 Å². The molecule has 0 heterocycles. The topological polar surface area (TPSA) is 76.7 Å². The van der Waals surface area contributed by atoms with Crippen molar-refractivity contribution in [1.82, 2.24) is 10.6 Å². The summed E-state index contributed by atoms with van der Waals surface area (Å²) >= 11 is 0. The molecule has 1 aromatic carbocycles. The predicted molar refractivity (Wildman–Crippen MR) is 77.1 cm³/mol. The van der Waals surface area contributed by atoms with Gasteiger partial charge in [0, 0.05) is 18.0 Å². The Labute approximate surface area is 123 Å². The van der Waals surface area contributed by atoms with Gasteiger partial charge < -0.3 is 20.1 Å². The van der Waals surface area contributed by atoms with Gasteiger partial charge in [0.05, 0.1) is 20.8 Å². The minimum Gasteiger partial charge on any atom is -0.497 e. The zero-order valence-corrected chi connectivity index (χ0v) is 12.3. The van der Waals surface area contributed by atoms with Crippen LogP contribution in [0.15, 0.2) is 18.2 Å². The second-order valence-corrected chi connectivity index (χ2v) is 4.95. The van der Waals surface area contributed by atoms with Gasteiger partial charge in [-0.2, -0.15) is 0 Å². The number of ether oxygens (including phenoxy) is 2. The van der Waals surface area contributed by atoms with Gasteiger partial charge in [0.1, 0.15) is 11.5 Å². The van der Waals surface area contributed by atoms with Crippen molar-refractivity contribution in [3.8, 4) is 11.5 Å². The molecule has 0 bridgehead atoms. The molecule has 6 nitrogen and oxygen atoms in total. The Morgan fingerprint density at radius 1 is 1.19 bits per heavy atom. The summed E-state index contributed by atoms with van der Waals surface area (Å²) in [5, 5.41) is 5.38. The van der Waals surface area contributed by atoms with Gasteiger partial charge in [-0.05, 0) is 31.0 Å². The number of rotatable bonds is 7. The fraction of sp³-hybridized carbons (Fsp3) is 0.467. The van der Waals surface area contributed by atoms with Crippen LogP contribution in [0.3, 0.4) is 0 Å². The summed E-state index contributed by atoms with van der Waals surface area (Å²) in [6, 6.07) is 5.39. The van der Waals surface area contributed by atoms with E-state index in [-0.39, 0.29) is 24.3 Å². The van der Waals surface area contributed by atoms with Crippen molar-refractivity contribution in [3.63, 3.8) is 0 Å². The van der Waals surface area contributed by atoms with Crippen molar-refractivity contribution < 1.29 is 19.1 Å². The number of nitrogens with one attached hydrogen (secondary N) is 2. The highest BCUT2D eigenvalue weighted by Crippen LogP contribution is 2.28. The Balaban J connectivity index is 1.83. The van der Waals surface area contributed by atoms with Crippen molar-refractivity contribution in [3.05, 3.63) is 23.8 Å². The van der Waals surface area contributed by atoms with Gasteiger partial charge in [-0.25, -0.2) is 0 Å². The molecule has 6 heteroatoms. The van der Waals surface area contributed by atoms with Crippen LogP contribution in [-0.2, 0) is 16.1 Å². The molecule has 0 atom stereocenters. The first-order valence-electron chi connectivity index (χ1n) is 6.89. The summed E-state index contributed by atoms with van der Waals surface area (Å²) in [4.78, 5) is 23.2. The summed E-state index contributed by atoms with van der Waals surface area (Å²) < 4.78 is 10.4. The average molecular weight is 292 g/mol. The van der Waals surface area contributed by atoms with E-state index in [1.54, 1.807) is 26.4 Å². The van der Waals surface area contributed by atoms with Gasteiger partial charge in [0.15, 0.2) is 0 Å². The lowest BCUT2D eigenvalue weighted by Gasteiger charge is -2.11. The zero-order chi connectivity index (χ0) is 15.2. The molecule has 1 saturated carbocycles. The van der Waals surface area contributed by atoms with E-state index in [0.717, 1.165) is 18.4 Å². The zero-order valence-electron chi connectivity index (χ0n) is 12.3. The maximum Gasteiger partial charge on any atom is 0.239 e. The third-order valence-corrected chi connectivity index (χ3v) is 3.33. The van der Waals surface area contributed by atoms with Crippen molar-refractivity contribution in [1.29, 1.82) is 0 Å². The lowest BCUT2D eigenvalue weighted by molar-refractivity contribution is -0.126. The van der Waals surface area contributed by atoms with Crippen molar-refractivity contribution >= 4 is 11.8 Å². The molecule has 1 aliphatic carbocycles. The predicted octanol–water partition coefficient (Wildman–Crippen LogP) is 0.846. The second kappa shape index (κ2) is 6.97. The van der Waals surface area contributed by atoms with E-state index >= 15 is 0 Å². The summed E-state index contributed by atoms with van der Waals surface area (Å²) in [7, 11) is 3.15. The lowest BCUT2D eigenvalue weighted by Crippen LogP contribution is -2.37. The van der Waals surface area contributed by atoms with E-state index in [0.29, 0.717) is 18.0 Å². The van der Waals surface area contributed by atoms with Gasteiger partial charge in [-0.15, -0.1) is 0 Å². The maximum atomic E-state index is 11.7. The average Bonchev–Trinajstić information content (AvgIpc) is 3.35. The maximum absolute atomic E-state index is 11.7. The van der Waals surface area contributed by atoms with E-state index in [9.17, 15) is 9.59 Å². The van der Waals surface area contributed by atoms with Crippen LogP contribution in [0.5, 0.6) is 11.5 Å². The molecular formula is C15H20N2O4. The Kier molecular flexibility index (Phi) is 5.03. The highest BCUT2D eigenvalue weighted by Gasteiger charge is 2.29. The fourth-order valence-corrected chi connectivity index (χ4v) is 1.93. The Morgan fingerprint density at radius 3 is 2.57 bits per heavy atom. The van der Waals surface area contributed by atoms with Crippen LogP contribution in [-0.4, -0.2) is 32.6 Å². The largest absolute Gasteiger partial charge is 0.497 e. The molecule has 1 aliphatic rings. The van der Waals surface area contributed by atoms with Crippen molar-refractivity contribution in [2.24, 2.45) is 5.92 Å². The third kappa shape index (κ3) is 4.37. The van der Waals surface area contributed by atoms with Crippen LogP contribution in [0.2, 0.25) is 0 Å². The molecule has 0 spiro atoms. The van der Waals surface area contributed by atoms with E-state index in [1.807, 2.05) is 6.07 Å². The highest BCUT2D eigenvalue weighted by atomic mass is 16.5. The van der Waals surface area contributed by atoms with E-state index < -0.39 is 0 Å². The molecule has 1 fully saturated rings. The van der Waals surface area contributed by atoms with Crippen molar-refractivity contribution in [2.75, 3.05) is 20.8 Å². The first kappa shape index (κ1) is 15.2. The monoisotopic (exact) mass is 292 g/mol. The highest BCUT2D eigenvalue weighted by molar-refractivity contribution is 5.86. The van der Waals surface area contributed by atoms with E-state index in [4.69, 9.17) is 9.47 Å². The van der Waals surface area contributed by atoms with Gasteiger partial charge in [-0.1, -0.05) is 0 Å². The number of carbonyl (C=O) groups excluding carboxylic acids is 2. The van der Waals surface area contributed by atoms with Crippen LogP contribution >= 0.6 is 0 Å². The molecular weight excluding hydrogens is 272 g/mol. The van der Waals surface area contributed by atoms with Crippen LogP contribution < -0.4 is 20.1 Å². The molecule has 0 radical (unpaired) electrons. The van der Waals surface area contributed by atoms with Crippen molar-refractivity contribution in [2.45, 2.75) is 19.4 Å². The summed E-state index contributed by atoms with van der Waals surface area (Å²) in [6.45, 7) is 0.320. The Hall–Kier alpha value is -2.24. The molecule has 114 valence electrons.